The lowest BCUT2D eigenvalue weighted by Gasteiger charge is -2.22. The van der Waals surface area contributed by atoms with Crippen molar-refractivity contribution in [1.29, 1.82) is 0 Å². The Morgan fingerprint density at radius 3 is 2.83 bits per heavy atom. The van der Waals surface area contributed by atoms with Gasteiger partial charge in [0.25, 0.3) is 0 Å². The first-order valence-corrected chi connectivity index (χ1v) is 6.86. The number of aryl methyl sites for hydroxylation is 1. The molecule has 96 valence electrons. The largest absolute Gasteiger partial charge is 0.375 e. The first-order valence-electron chi connectivity index (χ1n) is 6.86. The molecule has 2 N–H and O–H groups in total. The summed E-state index contributed by atoms with van der Waals surface area (Å²) in [6, 6.07) is 6.84. The van der Waals surface area contributed by atoms with Gasteiger partial charge < -0.3 is 10.6 Å². The van der Waals surface area contributed by atoms with Crippen molar-refractivity contribution in [2.75, 3.05) is 18.4 Å². The van der Waals surface area contributed by atoms with Crippen LogP contribution in [0, 0.1) is 19.8 Å². The Hall–Kier alpha value is -1.51. The number of hydrogen-bond donors (Lipinski definition) is 2. The fourth-order valence-electron chi connectivity index (χ4n) is 2.54. The average molecular weight is 243 g/mol. The second kappa shape index (κ2) is 4.63. The van der Waals surface area contributed by atoms with Crippen molar-refractivity contribution in [3.05, 3.63) is 29.3 Å². The molecule has 1 aromatic carbocycles. The minimum atomic E-state index is 0.382. The van der Waals surface area contributed by atoms with Crippen LogP contribution in [0.4, 0.5) is 5.69 Å². The second-order valence-electron chi connectivity index (χ2n) is 5.40. The summed E-state index contributed by atoms with van der Waals surface area (Å²) in [5.41, 5.74) is 3.95. The molecule has 1 heterocycles. The van der Waals surface area contributed by atoms with E-state index < -0.39 is 0 Å². The summed E-state index contributed by atoms with van der Waals surface area (Å²) in [6.07, 6.45) is 2.65. The molecule has 1 aromatic rings. The third-order valence-corrected chi connectivity index (χ3v) is 4.00. The van der Waals surface area contributed by atoms with Crippen LogP contribution in [0.25, 0.3) is 0 Å². The van der Waals surface area contributed by atoms with E-state index in [1.165, 1.54) is 35.5 Å². The highest BCUT2D eigenvalue weighted by Crippen LogP contribution is 2.35. The highest BCUT2D eigenvalue weighted by Gasteiger charge is 2.35. The van der Waals surface area contributed by atoms with E-state index in [9.17, 15) is 0 Å². The van der Waals surface area contributed by atoms with Crippen molar-refractivity contribution < 1.29 is 0 Å². The maximum atomic E-state index is 4.59. The van der Waals surface area contributed by atoms with Crippen LogP contribution in [0.1, 0.15) is 24.0 Å². The summed E-state index contributed by atoms with van der Waals surface area (Å²) in [6.45, 7) is 6.27. The van der Waals surface area contributed by atoms with Crippen molar-refractivity contribution >= 4 is 11.5 Å². The Morgan fingerprint density at radius 2 is 2.17 bits per heavy atom. The number of anilines is 1. The Kier molecular flexibility index (Phi) is 2.98. The molecule has 0 spiro atoms. The van der Waals surface area contributed by atoms with Crippen LogP contribution in [0.15, 0.2) is 23.2 Å². The first-order chi connectivity index (χ1) is 8.75. The molecule has 1 unspecified atom stereocenters. The predicted octanol–water partition coefficient (Wildman–Crippen LogP) is 2.50. The monoisotopic (exact) mass is 243 g/mol. The van der Waals surface area contributed by atoms with Crippen LogP contribution in [-0.2, 0) is 0 Å². The van der Waals surface area contributed by atoms with Crippen LogP contribution in [0.2, 0.25) is 0 Å². The van der Waals surface area contributed by atoms with Gasteiger partial charge in [-0.2, -0.15) is 0 Å². The van der Waals surface area contributed by atoms with E-state index >= 15 is 0 Å². The van der Waals surface area contributed by atoms with Gasteiger partial charge in [0.1, 0.15) is 5.84 Å². The maximum Gasteiger partial charge on any atom is 0.119 e. The maximum absolute atomic E-state index is 4.59. The molecule has 0 bridgehead atoms. The predicted molar refractivity (Wildman–Crippen MR) is 76.4 cm³/mol. The zero-order valence-electron chi connectivity index (χ0n) is 11.2. The van der Waals surface area contributed by atoms with Crippen molar-refractivity contribution in [3.63, 3.8) is 0 Å². The van der Waals surface area contributed by atoms with Gasteiger partial charge in [0.2, 0.25) is 0 Å². The molecule has 1 fully saturated rings. The second-order valence-corrected chi connectivity index (χ2v) is 5.40. The smallest absolute Gasteiger partial charge is 0.119 e. The molecule has 3 nitrogen and oxygen atoms in total. The molecule has 0 saturated heterocycles. The van der Waals surface area contributed by atoms with E-state index in [1.54, 1.807) is 0 Å². The Balaban J connectivity index is 1.82. The molecule has 3 rings (SSSR count). The molecular weight excluding hydrogens is 222 g/mol. The molecule has 2 aliphatic rings. The van der Waals surface area contributed by atoms with E-state index in [-0.39, 0.29) is 0 Å². The van der Waals surface area contributed by atoms with Crippen molar-refractivity contribution in [2.24, 2.45) is 10.9 Å². The Labute approximate surface area is 109 Å². The van der Waals surface area contributed by atoms with Gasteiger partial charge >= 0.3 is 0 Å². The quantitative estimate of drug-likeness (QED) is 0.852. The summed E-state index contributed by atoms with van der Waals surface area (Å²) >= 11 is 0. The SMILES string of the molecule is Cc1cccc(NC(C2=NCCN2)C2CC2)c1C. The van der Waals surface area contributed by atoms with Crippen LogP contribution in [0.5, 0.6) is 0 Å². The number of nitrogens with one attached hydrogen (secondary N) is 2. The molecule has 1 atom stereocenters. The van der Waals surface area contributed by atoms with E-state index in [1.807, 2.05) is 0 Å². The number of nitrogens with zero attached hydrogens (tertiary/aromatic N) is 1. The lowest BCUT2D eigenvalue weighted by Crippen LogP contribution is -2.39. The van der Waals surface area contributed by atoms with Crippen molar-refractivity contribution in [1.82, 2.24) is 5.32 Å². The number of rotatable bonds is 4. The number of benzene rings is 1. The summed E-state index contributed by atoms with van der Waals surface area (Å²) in [7, 11) is 0. The Morgan fingerprint density at radius 1 is 1.33 bits per heavy atom. The number of hydrogen-bond acceptors (Lipinski definition) is 3. The zero-order valence-corrected chi connectivity index (χ0v) is 11.2. The topological polar surface area (TPSA) is 36.4 Å². The average Bonchev–Trinajstić information content (AvgIpc) is 3.06. The Bertz CT molecular complexity index is 475. The normalized spacial score (nSPS) is 20.2. The molecule has 0 aromatic heterocycles. The molecule has 3 heteroatoms. The van der Waals surface area contributed by atoms with Crippen LogP contribution < -0.4 is 10.6 Å². The van der Waals surface area contributed by atoms with Gasteiger partial charge in [0.05, 0.1) is 12.6 Å². The third-order valence-electron chi connectivity index (χ3n) is 4.00. The van der Waals surface area contributed by atoms with Gasteiger partial charge in [-0.05, 0) is 49.8 Å². The van der Waals surface area contributed by atoms with Gasteiger partial charge in [0.15, 0.2) is 0 Å². The van der Waals surface area contributed by atoms with Crippen LogP contribution in [0.3, 0.4) is 0 Å². The molecule has 1 saturated carbocycles. The lowest BCUT2D eigenvalue weighted by molar-refractivity contribution is 0.767. The summed E-state index contributed by atoms with van der Waals surface area (Å²) in [5, 5.41) is 7.12. The van der Waals surface area contributed by atoms with Crippen LogP contribution in [-0.4, -0.2) is 25.0 Å². The summed E-state index contributed by atoms with van der Waals surface area (Å²) in [5.74, 6) is 1.92. The fourth-order valence-corrected chi connectivity index (χ4v) is 2.54. The molecule has 18 heavy (non-hydrogen) atoms. The highest BCUT2D eigenvalue weighted by atomic mass is 15.1. The van der Waals surface area contributed by atoms with E-state index in [4.69, 9.17) is 0 Å². The van der Waals surface area contributed by atoms with Gasteiger partial charge in [-0.25, -0.2) is 0 Å². The number of amidine groups is 1. The third kappa shape index (κ3) is 2.22. The molecule has 0 amide bonds. The standard InChI is InChI=1S/C15H21N3/c1-10-4-3-5-13(11(10)2)18-14(12-6-7-12)15-16-8-9-17-15/h3-5,12,14,18H,6-9H2,1-2H3,(H,16,17). The van der Waals surface area contributed by atoms with E-state index in [2.05, 4.69) is 47.7 Å². The number of aliphatic imine (C=N–C) groups is 1. The molecular formula is C15H21N3. The van der Waals surface area contributed by atoms with Crippen LogP contribution >= 0.6 is 0 Å². The first kappa shape index (κ1) is 11.6. The zero-order chi connectivity index (χ0) is 12.5. The highest BCUT2D eigenvalue weighted by molar-refractivity contribution is 5.91. The van der Waals surface area contributed by atoms with Gasteiger partial charge in [-0.3, -0.25) is 4.99 Å². The fraction of sp³-hybridized carbons (Fsp3) is 0.533. The lowest BCUT2D eigenvalue weighted by atomic mass is 10.1. The summed E-state index contributed by atoms with van der Waals surface area (Å²) < 4.78 is 0. The van der Waals surface area contributed by atoms with Gasteiger partial charge in [0, 0.05) is 12.2 Å². The van der Waals surface area contributed by atoms with Gasteiger partial charge in [-0.15, -0.1) is 0 Å². The minimum Gasteiger partial charge on any atom is -0.375 e. The van der Waals surface area contributed by atoms with Crippen molar-refractivity contribution in [2.45, 2.75) is 32.7 Å². The molecule has 1 aliphatic carbocycles. The van der Waals surface area contributed by atoms with E-state index in [0.717, 1.165) is 19.0 Å². The van der Waals surface area contributed by atoms with Crippen molar-refractivity contribution in [3.8, 4) is 0 Å². The van der Waals surface area contributed by atoms with E-state index in [0.29, 0.717) is 6.04 Å². The molecule has 1 aliphatic heterocycles. The molecule has 0 radical (unpaired) electrons. The summed E-state index contributed by atoms with van der Waals surface area (Å²) in [4.78, 5) is 4.59. The van der Waals surface area contributed by atoms with Gasteiger partial charge in [-0.1, -0.05) is 12.1 Å². The minimum absolute atomic E-state index is 0.382.